The molecule has 0 atom stereocenters. The van der Waals surface area contributed by atoms with Gasteiger partial charge >= 0.3 is 12.3 Å². The first-order chi connectivity index (χ1) is 16.0. The molecular weight excluding hydrogens is 471 g/mol. The summed E-state index contributed by atoms with van der Waals surface area (Å²) in [6.45, 7) is 3.49. The number of hydrogen-bond acceptors (Lipinski definition) is 5. The number of methoxy groups -OCH3 is 1. The number of sulfonamides is 1. The molecule has 34 heavy (non-hydrogen) atoms. The third kappa shape index (κ3) is 5.51. The van der Waals surface area contributed by atoms with E-state index in [1.54, 1.807) is 44.2 Å². The quantitative estimate of drug-likeness (QED) is 0.403. The standard InChI is InChI=1S/C24H22F3NO5S/c1-4-28(34(30,31)21-14-5-16(2)22(15-21)23(29)32-3)19-10-6-17(7-11-19)18-8-12-20(13-9-18)33-24(25,26)27/h5-15H,4H2,1-3H3. The first-order valence-electron chi connectivity index (χ1n) is 10.1. The number of halogens is 3. The minimum atomic E-state index is -4.77. The summed E-state index contributed by atoms with van der Waals surface area (Å²) in [7, 11) is -2.76. The van der Waals surface area contributed by atoms with E-state index in [0.29, 0.717) is 22.4 Å². The van der Waals surface area contributed by atoms with Crippen molar-refractivity contribution in [3.8, 4) is 16.9 Å². The molecule has 3 aromatic rings. The third-order valence-electron chi connectivity index (χ3n) is 5.07. The summed E-state index contributed by atoms with van der Waals surface area (Å²) in [5.41, 5.74) is 2.45. The number of ether oxygens (including phenoxy) is 2. The Labute approximate surface area is 195 Å². The molecule has 0 bridgehead atoms. The summed E-state index contributed by atoms with van der Waals surface area (Å²) in [5, 5.41) is 0. The molecule has 0 spiro atoms. The van der Waals surface area contributed by atoms with Gasteiger partial charge in [-0.1, -0.05) is 30.3 Å². The minimum absolute atomic E-state index is 0.0512. The van der Waals surface area contributed by atoms with Crippen LogP contribution in [0.2, 0.25) is 0 Å². The zero-order chi connectivity index (χ0) is 25.1. The molecule has 0 aliphatic rings. The Hall–Kier alpha value is -3.53. The van der Waals surface area contributed by atoms with Gasteiger partial charge in [-0.3, -0.25) is 4.31 Å². The second-order valence-electron chi connectivity index (χ2n) is 7.26. The molecule has 0 radical (unpaired) electrons. The smallest absolute Gasteiger partial charge is 0.465 e. The van der Waals surface area contributed by atoms with Crippen molar-refractivity contribution < 1.29 is 35.9 Å². The molecule has 0 saturated carbocycles. The van der Waals surface area contributed by atoms with E-state index >= 15 is 0 Å². The van der Waals surface area contributed by atoms with Crippen LogP contribution in [0.3, 0.4) is 0 Å². The van der Waals surface area contributed by atoms with E-state index < -0.39 is 22.4 Å². The van der Waals surface area contributed by atoms with Crippen LogP contribution in [-0.2, 0) is 14.8 Å². The van der Waals surface area contributed by atoms with Crippen LogP contribution in [0, 0.1) is 6.92 Å². The van der Waals surface area contributed by atoms with Crippen molar-refractivity contribution in [1.29, 1.82) is 0 Å². The van der Waals surface area contributed by atoms with Gasteiger partial charge in [0.15, 0.2) is 0 Å². The van der Waals surface area contributed by atoms with E-state index in [2.05, 4.69) is 4.74 Å². The fraction of sp³-hybridized carbons (Fsp3) is 0.208. The van der Waals surface area contributed by atoms with Crippen molar-refractivity contribution in [2.75, 3.05) is 18.0 Å². The number of rotatable bonds is 7. The Morgan fingerprint density at radius 1 is 0.941 bits per heavy atom. The van der Waals surface area contributed by atoms with Gasteiger partial charge in [0.1, 0.15) is 5.75 Å². The summed E-state index contributed by atoms with van der Waals surface area (Å²) in [6, 6.07) is 16.2. The summed E-state index contributed by atoms with van der Waals surface area (Å²) in [4.78, 5) is 11.9. The van der Waals surface area contributed by atoms with Crippen LogP contribution < -0.4 is 9.04 Å². The molecule has 0 amide bonds. The SMILES string of the molecule is CCN(c1ccc(-c2ccc(OC(F)(F)F)cc2)cc1)S(=O)(=O)c1ccc(C)c(C(=O)OC)c1. The molecule has 0 unspecified atom stereocenters. The monoisotopic (exact) mass is 493 g/mol. The number of carbonyl (C=O) groups is 1. The van der Waals surface area contributed by atoms with Crippen LogP contribution in [0.15, 0.2) is 71.6 Å². The minimum Gasteiger partial charge on any atom is -0.465 e. The fourth-order valence-corrected chi connectivity index (χ4v) is 4.88. The molecule has 0 saturated heterocycles. The highest BCUT2D eigenvalue weighted by Gasteiger charge is 2.31. The lowest BCUT2D eigenvalue weighted by atomic mass is 10.1. The Morgan fingerprint density at radius 2 is 1.50 bits per heavy atom. The van der Waals surface area contributed by atoms with E-state index in [1.807, 2.05) is 0 Å². The van der Waals surface area contributed by atoms with E-state index in [0.717, 1.165) is 0 Å². The number of carbonyl (C=O) groups excluding carboxylic acids is 1. The number of nitrogens with zero attached hydrogens (tertiary/aromatic N) is 1. The van der Waals surface area contributed by atoms with Crippen LogP contribution in [0.5, 0.6) is 5.75 Å². The van der Waals surface area contributed by atoms with Crippen molar-refractivity contribution in [2.45, 2.75) is 25.1 Å². The van der Waals surface area contributed by atoms with Crippen LogP contribution in [0.1, 0.15) is 22.8 Å². The van der Waals surface area contributed by atoms with Crippen molar-refractivity contribution in [3.05, 3.63) is 77.9 Å². The van der Waals surface area contributed by atoms with Gasteiger partial charge in [-0.25, -0.2) is 13.2 Å². The lowest BCUT2D eigenvalue weighted by Gasteiger charge is -2.23. The molecule has 0 heterocycles. The van der Waals surface area contributed by atoms with Gasteiger partial charge < -0.3 is 9.47 Å². The maximum absolute atomic E-state index is 13.3. The molecule has 0 aromatic heterocycles. The number of aryl methyl sites for hydroxylation is 1. The van der Waals surface area contributed by atoms with Gasteiger partial charge in [-0.15, -0.1) is 13.2 Å². The molecule has 0 aliphatic carbocycles. The van der Waals surface area contributed by atoms with Crippen LogP contribution in [0.25, 0.3) is 11.1 Å². The number of alkyl halides is 3. The molecule has 10 heteroatoms. The summed E-state index contributed by atoms with van der Waals surface area (Å²) >= 11 is 0. The van der Waals surface area contributed by atoms with Crippen LogP contribution in [-0.4, -0.2) is 34.4 Å². The number of benzene rings is 3. The van der Waals surface area contributed by atoms with E-state index in [-0.39, 0.29) is 22.8 Å². The normalized spacial score (nSPS) is 11.7. The number of esters is 1. The fourth-order valence-electron chi connectivity index (χ4n) is 3.38. The highest BCUT2D eigenvalue weighted by atomic mass is 32.2. The second kappa shape index (κ2) is 9.76. The zero-order valence-electron chi connectivity index (χ0n) is 18.6. The van der Waals surface area contributed by atoms with Crippen molar-refractivity contribution >= 4 is 21.7 Å². The first-order valence-corrected chi connectivity index (χ1v) is 11.6. The van der Waals surface area contributed by atoms with E-state index in [9.17, 15) is 26.4 Å². The molecule has 0 fully saturated rings. The molecular formula is C24H22F3NO5S. The van der Waals surface area contributed by atoms with Crippen molar-refractivity contribution in [3.63, 3.8) is 0 Å². The lowest BCUT2D eigenvalue weighted by molar-refractivity contribution is -0.274. The van der Waals surface area contributed by atoms with Gasteiger partial charge in [0.25, 0.3) is 10.0 Å². The maximum atomic E-state index is 13.3. The van der Waals surface area contributed by atoms with Crippen molar-refractivity contribution in [1.82, 2.24) is 0 Å². The predicted octanol–water partition coefficient (Wildman–Crippen LogP) is 5.56. The average molecular weight is 494 g/mol. The number of anilines is 1. The Kier molecular flexibility index (Phi) is 7.21. The molecule has 3 rings (SSSR count). The molecule has 6 nitrogen and oxygen atoms in total. The third-order valence-corrected chi connectivity index (χ3v) is 6.97. The summed E-state index contributed by atoms with van der Waals surface area (Å²) in [5.74, 6) is -0.964. The maximum Gasteiger partial charge on any atom is 0.573 e. The van der Waals surface area contributed by atoms with Gasteiger partial charge in [0, 0.05) is 6.54 Å². The Bertz CT molecular complexity index is 1270. The van der Waals surface area contributed by atoms with E-state index in [1.165, 1.54) is 47.8 Å². The summed E-state index contributed by atoms with van der Waals surface area (Å²) in [6.07, 6.45) is -4.77. The van der Waals surface area contributed by atoms with Gasteiger partial charge in [0.05, 0.1) is 23.3 Å². The van der Waals surface area contributed by atoms with Crippen LogP contribution >= 0.6 is 0 Å². The van der Waals surface area contributed by atoms with Crippen molar-refractivity contribution in [2.24, 2.45) is 0 Å². The average Bonchev–Trinajstić information content (AvgIpc) is 2.79. The highest BCUT2D eigenvalue weighted by Crippen LogP contribution is 2.30. The molecule has 0 N–H and O–H groups in total. The second-order valence-corrected chi connectivity index (χ2v) is 9.12. The summed E-state index contributed by atoms with van der Waals surface area (Å²) < 4.78 is 73.4. The largest absolute Gasteiger partial charge is 0.573 e. The first kappa shape index (κ1) is 25.1. The topological polar surface area (TPSA) is 72.9 Å². The molecule has 180 valence electrons. The molecule has 3 aromatic carbocycles. The van der Waals surface area contributed by atoms with E-state index in [4.69, 9.17) is 4.74 Å². The van der Waals surface area contributed by atoms with Gasteiger partial charge in [-0.2, -0.15) is 0 Å². The van der Waals surface area contributed by atoms with Gasteiger partial charge in [0.2, 0.25) is 0 Å². The zero-order valence-corrected chi connectivity index (χ0v) is 19.4. The van der Waals surface area contributed by atoms with Gasteiger partial charge in [-0.05, 0) is 66.9 Å². The lowest BCUT2D eigenvalue weighted by Crippen LogP contribution is -2.31. The molecule has 0 aliphatic heterocycles. The highest BCUT2D eigenvalue weighted by molar-refractivity contribution is 7.92. The Balaban J connectivity index is 1.88. The van der Waals surface area contributed by atoms with Crippen LogP contribution in [0.4, 0.5) is 18.9 Å². The Morgan fingerprint density at radius 3 is 2.00 bits per heavy atom. The predicted molar refractivity (Wildman–Crippen MR) is 121 cm³/mol. The number of hydrogen-bond donors (Lipinski definition) is 0.